The van der Waals surface area contributed by atoms with E-state index in [0.717, 1.165) is 22.6 Å². The summed E-state index contributed by atoms with van der Waals surface area (Å²) >= 11 is 1.64. The van der Waals surface area contributed by atoms with Crippen molar-refractivity contribution in [3.05, 3.63) is 83.9 Å². The molecule has 6 heteroatoms. The van der Waals surface area contributed by atoms with Gasteiger partial charge in [-0.15, -0.1) is 11.8 Å². The highest BCUT2D eigenvalue weighted by atomic mass is 32.2. The lowest BCUT2D eigenvalue weighted by Crippen LogP contribution is -2.10. The number of thioether (sulfide) groups is 1. The van der Waals surface area contributed by atoms with Crippen LogP contribution in [-0.2, 0) is 18.1 Å². The molecule has 3 aromatic rings. The lowest BCUT2D eigenvalue weighted by molar-refractivity contribution is -0.137. The molecule has 1 aromatic heterocycles. The van der Waals surface area contributed by atoms with Crippen LogP contribution in [0.2, 0.25) is 0 Å². The van der Waals surface area contributed by atoms with Crippen LogP contribution < -0.4 is 0 Å². The quantitative estimate of drug-likeness (QED) is 0.439. The Kier molecular flexibility index (Phi) is 5.89. The van der Waals surface area contributed by atoms with Gasteiger partial charge in [0.25, 0.3) is 0 Å². The Balaban J connectivity index is 1.85. The first-order valence-corrected chi connectivity index (χ1v) is 9.91. The molecule has 0 aliphatic carbocycles. The van der Waals surface area contributed by atoms with E-state index >= 15 is 0 Å². The fourth-order valence-electron chi connectivity index (χ4n) is 2.88. The molecule has 0 spiro atoms. The maximum Gasteiger partial charge on any atom is 0.416 e. The third kappa shape index (κ3) is 5.19. The summed E-state index contributed by atoms with van der Waals surface area (Å²) in [4.78, 5) is 5.15. The van der Waals surface area contributed by atoms with Crippen molar-refractivity contribution in [3.8, 4) is 0 Å². The Bertz CT molecular complexity index is 878. The van der Waals surface area contributed by atoms with Crippen LogP contribution in [0.3, 0.4) is 0 Å². The topological polar surface area (TPSA) is 17.8 Å². The van der Waals surface area contributed by atoms with E-state index in [1.54, 1.807) is 36.4 Å². The average Bonchev–Trinajstić information content (AvgIpc) is 3.13. The molecule has 0 aliphatic heterocycles. The third-order valence-corrected chi connectivity index (χ3v) is 5.79. The fourth-order valence-corrected chi connectivity index (χ4v) is 4.04. The normalized spacial score (nSPS) is 13.5. The van der Waals surface area contributed by atoms with E-state index in [2.05, 4.69) is 50.0 Å². The number of halogens is 3. The molecule has 0 amide bonds. The maximum atomic E-state index is 12.9. The van der Waals surface area contributed by atoms with E-state index in [4.69, 9.17) is 0 Å². The molecule has 0 N–H and O–H groups in total. The SMILES string of the molecule is CC(C)(C)c1ccc(SC(Cn2ccnc2)c2ccc(C(F)(F)F)cc2)cc1. The van der Waals surface area contributed by atoms with Gasteiger partial charge in [-0.3, -0.25) is 0 Å². The fraction of sp³-hybridized carbons (Fsp3) is 0.318. The van der Waals surface area contributed by atoms with Crippen molar-refractivity contribution in [1.82, 2.24) is 9.55 Å². The van der Waals surface area contributed by atoms with Crippen molar-refractivity contribution in [1.29, 1.82) is 0 Å². The number of imidazole rings is 1. The van der Waals surface area contributed by atoms with E-state index in [-0.39, 0.29) is 10.7 Å². The van der Waals surface area contributed by atoms with E-state index in [0.29, 0.717) is 6.54 Å². The van der Waals surface area contributed by atoms with Crippen LogP contribution in [0.25, 0.3) is 0 Å². The molecule has 1 atom stereocenters. The van der Waals surface area contributed by atoms with Crippen molar-refractivity contribution in [3.63, 3.8) is 0 Å². The molecule has 0 saturated heterocycles. The zero-order valence-electron chi connectivity index (χ0n) is 16.1. The van der Waals surface area contributed by atoms with Crippen LogP contribution in [0.1, 0.15) is 42.7 Å². The van der Waals surface area contributed by atoms with Gasteiger partial charge in [0.05, 0.1) is 17.1 Å². The van der Waals surface area contributed by atoms with Crippen molar-refractivity contribution >= 4 is 11.8 Å². The zero-order valence-corrected chi connectivity index (χ0v) is 16.9. The number of benzene rings is 2. The van der Waals surface area contributed by atoms with Crippen LogP contribution in [-0.4, -0.2) is 9.55 Å². The molecule has 2 nitrogen and oxygen atoms in total. The molecule has 2 aromatic carbocycles. The minimum atomic E-state index is -4.33. The minimum absolute atomic E-state index is 0.0306. The van der Waals surface area contributed by atoms with Gasteiger partial charge in [0.15, 0.2) is 0 Å². The second-order valence-corrected chi connectivity index (χ2v) is 9.04. The van der Waals surface area contributed by atoms with Crippen LogP contribution in [0.5, 0.6) is 0 Å². The largest absolute Gasteiger partial charge is 0.416 e. The first kappa shape index (κ1) is 20.5. The van der Waals surface area contributed by atoms with Gasteiger partial charge in [0.1, 0.15) is 0 Å². The summed E-state index contributed by atoms with van der Waals surface area (Å²) in [6, 6.07) is 13.8. The predicted octanol–water partition coefficient (Wildman–Crippen LogP) is 6.73. The van der Waals surface area contributed by atoms with Gasteiger partial charge in [0, 0.05) is 23.8 Å². The minimum Gasteiger partial charge on any atom is -0.336 e. The summed E-state index contributed by atoms with van der Waals surface area (Å²) in [6.45, 7) is 7.12. The van der Waals surface area contributed by atoms with E-state index < -0.39 is 11.7 Å². The third-order valence-electron chi connectivity index (χ3n) is 4.54. The van der Waals surface area contributed by atoms with Gasteiger partial charge in [-0.05, 0) is 40.8 Å². The lowest BCUT2D eigenvalue weighted by atomic mass is 9.87. The van der Waals surface area contributed by atoms with Gasteiger partial charge >= 0.3 is 6.18 Å². The van der Waals surface area contributed by atoms with Crippen LogP contribution >= 0.6 is 11.8 Å². The van der Waals surface area contributed by atoms with Crippen LogP contribution in [0.15, 0.2) is 72.1 Å². The Labute approximate surface area is 167 Å². The molecule has 1 unspecified atom stereocenters. The number of rotatable bonds is 5. The van der Waals surface area contributed by atoms with E-state index in [9.17, 15) is 13.2 Å². The van der Waals surface area contributed by atoms with E-state index in [1.165, 1.54) is 5.56 Å². The highest BCUT2D eigenvalue weighted by molar-refractivity contribution is 7.99. The van der Waals surface area contributed by atoms with Gasteiger partial charge in [0.2, 0.25) is 0 Å². The van der Waals surface area contributed by atoms with Crippen molar-refractivity contribution in [2.45, 2.75) is 49.1 Å². The first-order chi connectivity index (χ1) is 13.1. The second kappa shape index (κ2) is 8.03. The standard InChI is InChI=1S/C22H23F3N2S/c1-21(2,3)17-8-10-19(11-9-17)28-20(14-27-13-12-26-15-27)16-4-6-18(7-5-16)22(23,24)25/h4-13,15,20H,14H2,1-3H3. The van der Waals surface area contributed by atoms with Gasteiger partial charge in [-0.1, -0.05) is 45.0 Å². The molecule has 0 fully saturated rings. The molecule has 148 valence electrons. The summed E-state index contributed by atoms with van der Waals surface area (Å²) in [7, 11) is 0. The molecule has 28 heavy (non-hydrogen) atoms. The summed E-state index contributed by atoms with van der Waals surface area (Å²) in [6.07, 6.45) is 0.960. The van der Waals surface area contributed by atoms with Gasteiger partial charge in [-0.2, -0.15) is 13.2 Å². The molecule has 3 rings (SSSR count). The lowest BCUT2D eigenvalue weighted by Gasteiger charge is -2.21. The molecule has 0 saturated carbocycles. The molecular formula is C22H23F3N2S. The van der Waals surface area contributed by atoms with E-state index in [1.807, 2.05) is 10.8 Å². The zero-order chi connectivity index (χ0) is 20.4. The first-order valence-electron chi connectivity index (χ1n) is 9.03. The Morgan fingerprint density at radius 3 is 2.04 bits per heavy atom. The molecule has 0 radical (unpaired) electrons. The summed E-state index contributed by atoms with van der Waals surface area (Å²) in [5, 5.41) is -0.0306. The summed E-state index contributed by atoms with van der Waals surface area (Å²) < 4.78 is 40.6. The highest BCUT2D eigenvalue weighted by Gasteiger charge is 2.30. The smallest absolute Gasteiger partial charge is 0.336 e. The average molecular weight is 405 g/mol. The molecule has 1 heterocycles. The second-order valence-electron chi connectivity index (χ2n) is 7.76. The number of alkyl halides is 3. The summed E-state index contributed by atoms with van der Waals surface area (Å²) in [5.74, 6) is 0. The number of aromatic nitrogens is 2. The Morgan fingerprint density at radius 2 is 1.54 bits per heavy atom. The number of nitrogens with zero attached hydrogens (tertiary/aromatic N) is 2. The van der Waals surface area contributed by atoms with Crippen molar-refractivity contribution < 1.29 is 13.2 Å². The Hall–Kier alpha value is -2.21. The number of hydrogen-bond donors (Lipinski definition) is 0. The van der Waals surface area contributed by atoms with Crippen LogP contribution in [0, 0.1) is 0 Å². The monoisotopic (exact) mass is 404 g/mol. The van der Waals surface area contributed by atoms with Crippen LogP contribution in [0.4, 0.5) is 13.2 Å². The molecular weight excluding hydrogens is 381 g/mol. The van der Waals surface area contributed by atoms with Gasteiger partial charge in [-0.25, -0.2) is 4.98 Å². The number of hydrogen-bond acceptors (Lipinski definition) is 2. The molecule has 0 aliphatic rings. The Morgan fingerprint density at radius 1 is 0.929 bits per heavy atom. The maximum absolute atomic E-state index is 12.9. The van der Waals surface area contributed by atoms with Crippen molar-refractivity contribution in [2.24, 2.45) is 0 Å². The molecule has 0 bridgehead atoms. The summed E-state index contributed by atoms with van der Waals surface area (Å²) in [5.41, 5.74) is 1.55. The van der Waals surface area contributed by atoms with Gasteiger partial charge < -0.3 is 4.57 Å². The van der Waals surface area contributed by atoms with Crippen molar-refractivity contribution in [2.75, 3.05) is 0 Å². The predicted molar refractivity (Wildman–Crippen MR) is 107 cm³/mol. The highest BCUT2D eigenvalue weighted by Crippen LogP contribution is 2.38.